The SMILES string of the molecule is C=CC(=O)N1C[C@H](C)N(c2nc(=O)n3c4c(c(-c5ccc(F)cc5F)c(Cl)cc24)OCC2(COC2)C3)C[C@H]1C. The van der Waals surface area contributed by atoms with Crippen molar-refractivity contribution in [2.24, 2.45) is 5.41 Å². The normalized spacial score (nSPS) is 21.9. The number of hydrogen-bond acceptors (Lipinski definition) is 6. The highest BCUT2D eigenvalue weighted by Crippen LogP contribution is 2.48. The molecule has 1 spiro atoms. The van der Waals surface area contributed by atoms with Gasteiger partial charge in [-0.2, -0.15) is 4.98 Å². The molecule has 0 N–H and O–H groups in total. The van der Waals surface area contributed by atoms with Gasteiger partial charge in [0.1, 0.15) is 24.1 Å². The third-order valence-electron chi connectivity index (χ3n) is 7.90. The number of ether oxygens (including phenoxy) is 2. The lowest BCUT2D eigenvalue weighted by atomic mass is 9.87. The molecule has 8 nitrogen and oxygen atoms in total. The zero-order valence-corrected chi connectivity index (χ0v) is 22.3. The van der Waals surface area contributed by atoms with E-state index in [4.69, 9.17) is 21.1 Å². The minimum absolute atomic E-state index is 0.0648. The molecule has 1 amide bonds. The Morgan fingerprint density at radius 2 is 1.95 bits per heavy atom. The molecular weight excluding hydrogens is 530 g/mol. The summed E-state index contributed by atoms with van der Waals surface area (Å²) in [5, 5.41) is 0.749. The average Bonchev–Trinajstić information content (AvgIpc) is 3.06. The molecule has 2 atom stereocenters. The fraction of sp³-hybridized carbons (Fsp3) is 0.393. The van der Waals surface area contributed by atoms with Gasteiger partial charge in [-0.1, -0.05) is 18.2 Å². The zero-order chi connectivity index (χ0) is 27.6. The van der Waals surface area contributed by atoms with Crippen molar-refractivity contribution >= 4 is 34.2 Å². The Bertz CT molecular complexity index is 1590. The quantitative estimate of drug-likeness (QED) is 0.454. The van der Waals surface area contributed by atoms with Crippen LogP contribution in [-0.2, 0) is 16.1 Å². The van der Waals surface area contributed by atoms with Crippen molar-refractivity contribution < 1.29 is 23.0 Å². The minimum Gasteiger partial charge on any atom is -0.490 e. The monoisotopic (exact) mass is 556 g/mol. The predicted molar refractivity (Wildman–Crippen MR) is 143 cm³/mol. The maximum atomic E-state index is 15.1. The maximum Gasteiger partial charge on any atom is 0.350 e. The molecule has 3 aromatic rings. The van der Waals surface area contributed by atoms with Gasteiger partial charge in [0.25, 0.3) is 0 Å². The van der Waals surface area contributed by atoms with E-state index in [2.05, 4.69) is 11.6 Å². The maximum absolute atomic E-state index is 15.1. The smallest absolute Gasteiger partial charge is 0.350 e. The van der Waals surface area contributed by atoms with Gasteiger partial charge in [-0.15, -0.1) is 0 Å². The zero-order valence-electron chi connectivity index (χ0n) is 21.5. The van der Waals surface area contributed by atoms with Crippen LogP contribution in [0.1, 0.15) is 13.8 Å². The third-order valence-corrected chi connectivity index (χ3v) is 8.20. The van der Waals surface area contributed by atoms with E-state index in [1.54, 1.807) is 15.5 Å². The van der Waals surface area contributed by atoms with Gasteiger partial charge in [0, 0.05) is 54.3 Å². The van der Waals surface area contributed by atoms with Gasteiger partial charge >= 0.3 is 5.69 Å². The van der Waals surface area contributed by atoms with E-state index in [1.165, 1.54) is 12.1 Å². The molecule has 2 aromatic carbocycles. The summed E-state index contributed by atoms with van der Waals surface area (Å²) in [5.74, 6) is -1.02. The first-order valence-electron chi connectivity index (χ1n) is 12.7. The van der Waals surface area contributed by atoms with Gasteiger partial charge < -0.3 is 19.3 Å². The van der Waals surface area contributed by atoms with Crippen LogP contribution in [0.4, 0.5) is 14.6 Å². The van der Waals surface area contributed by atoms with E-state index in [1.807, 2.05) is 18.7 Å². The lowest BCUT2D eigenvalue weighted by molar-refractivity contribution is -0.137. The third kappa shape index (κ3) is 4.08. The molecule has 6 rings (SSSR count). The van der Waals surface area contributed by atoms with Crippen LogP contribution in [0, 0.1) is 17.0 Å². The standard InChI is InChI=1S/C28H27ClF2N4O4/c1-4-22(36)33-9-16(3)34(10-15(33)2)26-19-8-20(29)23(18-6-5-17(30)7-21(18)31)25-24(19)35(27(37)32-26)11-28(14-39-25)12-38-13-28/h4-8,15-16H,1,9-14H2,2-3H3/t15-,16+/m1/s1. The van der Waals surface area contributed by atoms with Crippen LogP contribution in [0.5, 0.6) is 5.75 Å². The lowest BCUT2D eigenvalue weighted by Gasteiger charge is -2.44. The van der Waals surface area contributed by atoms with Gasteiger partial charge in [0.2, 0.25) is 5.91 Å². The molecule has 39 heavy (non-hydrogen) atoms. The van der Waals surface area contributed by atoms with Crippen LogP contribution < -0.4 is 15.3 Å². The Balaban J connectivity index is 1.59. The fourth-order valence-electron chi connectivity index (χ4n) is 5.83. The summed E-state index contributed by atoms with van der Waals surface area (Å²) in [6, 6.07) is 4.57. The van der Waals surface area contributed by atoms with Gasteiger partial charge in [-0.05, 0) is 38.1 Å². The number of piperazine rings is 1. The summed E-state index contributed by atoms with van der Waals surface area (Å²) in [4.78, 5) is 34.3. The highest BCUT2D eigenvalue weighted by Gasteiger charge is 2.44. The summed E-state index contributed by atoms with van der Waals surface area (Å²) in [5.41, 5.74) is -0.168. The number of carbonyl (C=O) groups is 1. The Morgan fingerprint density at radius 1 is 1.18 bits per heavy atom. The largest absolute Gasteiger partial charge is 0.490 e. The Labute approximate surface area is 228 Å². The number of hydrogen-bond donors (Lipinski definition) is 0. The van der Waals surface area contributed by atoms with E-state index >= 15 is 4.39 Å². The Hall–Kier alpha value is -3.50. The topological polar surface area (TPSA) is 76.9 Å². The first-order valence-corrected chi connectivity index (χ1v) is 13.1. The second-order valence-electron chi connectivity index (χ2n) is 10.7. The van der Waals surface area contributed by atoms with Crippen molar-refractivity contribution in [1.29, 1.82) is 0 Å². The van der Waals surface area contributed by atoms with Crippen LogP contribution in [0.2, 0.25) is 5.02 Å². The molecule has 0 bridgehead atoms. The van der Waals surface area contributed by atoms with Crippen LogP contribution in [0.15, 0.2) is 41.7 Å². The van der Waals surface area contributed by atoms with Crippen molar-refractivity contribution in [3.8, 4) is 16.9 Å². The minimum atomic E-state index is -0.796. The highest BCUT2D eigenvalue weighted by molar-refractivity contribution is 6.35. The second-order valence-corrected chi connectivity index (χ2v) is 11.1. The molecule has 2 saturated heterocycles. The Kier molecular flexibility index (Phi) is 6.15. The molecule has 0 unspecified atom stereocenters. The molecule has 0 aliphatic carbocycles. The fourth-order valence-corrected chi connectivity index (χ4v) is 6.13. The molecule has 0 saturated carbocycles. The number of halogens is 3. The molecule has 4 heterocycles. The van der Waals surface area contributed by atoms with Crippen molar-refractivity contribution in [1.82, 2.24) is 14.5 Å². The lowest BCUT2D eigenvalue weighted by Crippen LogP contribution is -2.58. The van der Waals surface area contributed by atoms with E-state index in [-0.39, 0.29) is 46.5 Å². The van der Waals surface area contributed by atoms with Gasteiger partial charge in [-0.3, -0.25) is 9.36 Å². The highest BCUT2D eigenvalue weighted by atomic mass is 35.5. The van der Waals surface area contributed by atoms with E-state index < -0.39 is 22.7 Å². The number of amides is 1. The Morgan fingerprint density at radius 3 is 2.62 bits per heavy atom. The summed E-state index contributed by atoms with van der Waals surface area (Å²) < 4.78 is 42.2. The number of rotatable bonds is 3. The first-order chi connectivity index (χ1) is 18.6. The molecule has 204 valence electrons. The first kappa shape index (κ1) is 25.8. The van der Waals surface area contributed by atoms with Crippen LogP contribution in [0.25, 0.3) is 22.0 Å². The molecule has 2 fully saturated rings. The molecule has 3 aliphatic heterocycles. The number of carbonyl (C=O) groups excluding carboxylic acids is 1. The predicted octanol–water partition coefficient (Wildman–Crippen LogP) is 4.02. The molecule has 3 aliphatic rings. The van der Waals surface area contributed by atoms with Crippen LogP contribution in [-0.4, -0.2) is 65.4 Å². The summed E-state index contributed by atoms with van der Waals surface area (Å²) in [6.07, 6.45) is 1.29. The van der Waals surface area contributed by atoms with Crippen molar-refractivity contribution in [3.63, 3.8) is 0 Å². The summed E-state index contributed by atoms with van der Waals surface area (Å²) in [6.45, 7) is 9.65. The van der Waals surface area contributed by atoms with Crippen molar-refractivity contribution in [2.75, 3.05) is 37.8 Å². The summed E-state index contributed by atoms with van der Waals surface area (Å²) in [7, 11) is 0. The molecule has 11 heteroatoms. The number of anilines is 1. The second kappa shape index (κ2) is 9.31. The number of benzene rings is 2. The van der Waals surface area contributed by atoms with Crippen molar-refractivity contribution in [2.45, 2.75) is 32.5 Å². The van der Waals surface area contributed by atoms with Gasteiger partial charge in [0.15, 0.2) is 5.75 Å². The van der Waals surface area contributed by atoms with E-state index in [0.717, 1.165) is 12.1 Å². The van der Waals surface area contributed by atoms with E-state index in [0.29, 0.717) is 49.6 Å². The van der Waals surface area contributed by atoms with Crippen LogP contribution >= 0.6 is 11.6 Å². The van der Waals surface area contributed by atoms with Gasteiger partial charge in [0.05, 0.1) is 29.2 Å². The molecular formula is C28H27ClF2N4O4. The number of nitrogens with zero attached hydrogens (tertiary/aromatic N) is 4. The van der Waals surface area contributed by atoms with Crippen molar-refractivity contribution in [3.05, 3.63) is 64.1 Å². The van der Waals surface area contributed by atoms with E-state index in [9.17, 15) is 14.0 Å². The summed E-state index contributed by atoms with van der Waals surface area (Å²) >= 11 is 6.82. The molecule has 0 radical (unpaired) electrons. The average molecular weight is 557 g/mol. The molecule has 1 aromatic heterocycles. The van der Waals surface area contributed by atoms with Gasteiger partial charge in [-0.25, -0.2) is 13.6 Å². The van der Waals surface area contributed by atoms with Crippen LogP contribution in [0.3, 0.4) is 0 Å². The number of aromatic nitrogens is 2.